The van der Waals surface area contributed by atoms with Gasteiger partial charge in [-0.3, -0.25) is 0 Å². The predicted molar refractivity (Wildman–Crippen MR) is 62.4 cm³/mol. The molecule has 0 aromatic rings. The quantitative estimate of drug-likeness (QED) is 0.379. The van der Waals surface area contributed by atoms with Crippen LogP contribution in [0.2, 0.25) is 0 Å². The zero-order valence-corrected chi connectivity index (χ0v) is 9.94. The van der Waals surface area contributed by atoms with Gasteiger partial charge in [-0.1, -0.05) is 19.4 Å². The maximum atomic E-state index is 5.55. The van der Waals surface area contributed by atoms with E-state index in [1.54, 1.807) is 0 Å². The fourth-order valence-corrected chi connectivity index (χ4v) is 1.46. The van der Waals surface area contributed by atoms with Crippen LogP contribution in [0.15, 0.2) is 12.2 Å². The highest BCUT2D eigenvalue weighted by molar-refractivity contribution is 7.80. The fraction of sp³-hybridized carbons (Fsp3) is 0.818. The minimum atomic E-state index is 0.577. The molecule has 0 aliphatic carbocycles. The molecule has 1 nitrogen and oxygen atoms in total. The summed E-state index contributed by atoms with van der Waals surface area (Å²) in [4.78, 5) is 0. The van der Waals surface area contributed by atoms with Gasteiger partial charge in [-0.15, -0.1) is 6.58 Å². The molecule has 0 heterocycles. The highest BCUT2D eigenvalue weighted by Gasteiger charge is 2.10. The van der Waals surface area contributed by atoms with Crippen LogP contribution in [0.1, 0.15) is 27.2 Å². The first-order valence-electron chi connectivity index (χ1n) is 4.91. The van der Waals surface area contributed by atoms with Crippen LogP contribution in [0.3, 0.4) is 0 Å². The lowest BCUT2D eigenvalue weighted by molar-refractivity contribution is 0.0939. The van der Waals surface area contributed by atoms with Crippen LogP contribution in [0.4, 0.5) is 0 Å². The van der Waals surface area contributed by atoms with E-state index in [2.05, 4.69) is 33.1 Å². The highest BCUT2D eigenvalue weighted by atomic mass is 32.1. The third kappa shape index (κ3) is 7.15. The lowest BCUT2D eigenvalue weighted by Crippen LogP contribution is -2.18. The average molecular weight is 202 g/mol. The second kappa shape index (κ2) is 7.45. The van der Waals surface area contributed by atoms with Gasteiger partial charge in [0, 0.05) is 0 Å². The Morgan fingerprint density at radius 1 is 1.46 bits per heavy atom. The van der Waals surface area contributed by atoms with E-state index in [4.69, 9.17) is 4.74 Å². The molecule has 0 aromatic heterocycles. The summed E-state index contributed by atoms with van der Waals surface area (Å²) in [5.41, 5.74) is 1.19. The Morgan fingerprint density at radius 3 is 2.46 bits per heavy atom. The first-order valence-corrected chi connectivity index (χ1v) is 5.54. The number of rotatable bonds is 7. The van der Waals surface area contributed by atoms with Crippen molar-refractivity contribution in [3.8, 4) is 0 Å². The monoisotopic (exact) mass is 202 g/mol. The Hall–Kier alpha value is 0.0500. The van der Waals surface area contributed by atoms with Crippen molar-refractivity contribution in [1.29, 1.82) is 0 Å². The molecule has 0 radical (unpaired) electrons. The normalized spacial score (nSPS) is 13.3. The van der Waals surface area contributed by atoms with Gasteiger partial charge in [0.05, 0.1) is 13.2 Å². The van der Waals surface area contributed by atoms with E-state index in [0.717, 1.165) is 25.4 Å². The van der Waals surface area contributed by atoms with E-state index < -0.39 is 0 Å². The number of hydrogen-bond acceptors (Lipinski definition) is 2. The molecule has 0 aliphatic heterocycles. The lowest BCUT2D eigenvalue weighted by atomic mass is 9.99. The fourth-order valence-electron chi connectivity index (χ4n) is 0.937. The van der Waals surface area contributed by atoms with Crippen LogP contribution in [-0.4, -0.2) is 19.0 Å². The van der Waals surface area contributed by atoms with Gasteiger partial charge >= 0.3 is 0 Å². The van der Waals surface area contributed by atoms with Gasteiger partial charge < -0.3 is 4.74 Å². The van der Waals surface area contributed by atoms with Gasteiger partial charge in [0.2, 0.25) is 0 Å². The van der Waals surface area contributed by atoms with E-state index in [0.29, 0.717) is 11.8 Å². The van der Waals surface area contributed by atoms with Crippen LogP contribution >= 0.6 is 12.6 Å². The van der Waals surface area contributed by atoms with Crippen LogP contribution in [-0.2, 0) is 4.74 Å². The Morgan fingerprint density at radius 2 is 2.08 bits per heavy atom. The second-order valence-electron chi connectivity index (χ2n) is 3.97. The summed E-state index contributed by atoms with van der Waals surface area (Å²) in [5, 5.41) is 0. The molecular formula is C11H22OS. The SMILES string of the molecule is C=C(C)CCOCC(CS)C(C)C. The van der Waals surface area contributed by atoms with Crippen molar-refractivity contribution in [2.24, 2.45) is 11.8 Å². The van der Waals surface area contributed by atoms with Crippen LogP contribution in [0.25, 0.3) is 0 Å². The van der Waals surface area contributed by atoms with E-state index in [1.165, 1.54) is 5.57 Å². The molecule has 13 heavy (non-hydrogen) atoms. The van der Waals surface area contributed by atoms with Crippen molar-refractivity contribution >= 4 is 12.6 Å². The molecule has 2 heteroatoms. The molecule has 1 unspecified atom stereocenters. The molecule has 0 bridgehead atoms. The van der Waals surface area contributed by atoms with Crippen molar-refractivity contribution in [2.45, 2.75) is 27.2 Å². The Kier molecular flexibility index (Phi) is 7.48. The molecule has 0 saturated heterocycles. The Bertz CT molecular complexity index is 143. The van der Waals surface area contributed by atoms with Crippen molar-refractivity contribution in [3.63, 3.8) is 0 Å². The van der Waals surface area contributed by atoms with Gasteiger partial charge in [0.15, 0.2) is 0 Å². The van der Waals surface area contributed by atoms with Gasteiger partial charge in [-0.05, 0) is 30.9 Å². The maximum Gasteiger partial charge on any atom is 0.0504 e. The van der Waals surface area contributed by atoms with E-state index >= 15 is 0 Å². The van der Waals surface area contributed by atoms with E-state index in [9.17, 15) is 0 Å². The minimum Gasteiger partial charge on any atom is -0.381 e. The van der Waals surface area contributed by atoms with Gasteiger partial charge in [0.25, 0.3) is 0 Å². The molecule has 0 fully saturated rings. The zero-order valence-electron chi connectivity index (χ0n) is 9.05. The second-order valence-corrected chi connectivity index (χ2v) is 4.33. The molecule has 0 amide bonds. The molecule has 0 spiro atoms. The molecule has 0 saturated carbocycles. The smallest absolute Gasteiger partial charge is 0.0504 e. The first-order chi connectivity index (χ1) is 6.07. The molecule has 1 atom stereocenters. The van der Waals surface area contributed by atoms with Gasteiger partial charge in [-0.2, -0.15) is 12.6 Å². The number of hydrogen-bond donors (Lipinski definition) is 1. The van der Waals surface area contributed by atoms with Crippen LogP contribution in [0.5, 0.6) is 0 Å². The van der Waals surface area contributed by atoms with Crippen molar-refractivity contribution < 1.29 is 4.74 Å². The molecule has 0 N–H and O–H groups in total. The van der Waals surface area contributed by atoms with Crippen molar-refractivity contribution in [3.05, 3.63) is 12.2 Å². The summed E-state index contributed by atoms with van der Waals surface area (Å²) in [5.74, 6) is 2.14. The zero-order chi connectivity index (χ0) is 10.3. The summed E-state index contributed by atoms with van der Waals surface area (Å²) < 4.78 is 5.55. The van der Waals surface area contributed by atoms with E-state index in [-0.39, 0.29) is 0 Å². The summed E-state index contributed by atoms with van der Waals surface area (Å²) in [6.07, 6.45) is 0.970. The van der Waals surface area contributed by atoms with Crippen LogP contribution < -0.4 is 0 Å². The van der Waals surface area contributed by atoms with Gasteiger partial charge in [0.1, 0.15) is 0 Å². The van der Waals surface area contributed by atoms with E-state index in [1.807, 2.05) is 6.92 Å². The molecule has 0 aliphatic rings. The van der Waals surface area contributed by atoms with Gasteiger partial charge in [-0.25, -0.2) is 0 Å². The Balaban J connectivity index is 3.44. The number of thiol groups is 1. The molecular weight excluding hydrogens is 180 g/mol. The average Bonchev–Trinajstić information content (AvgIpc) is 2.03. The van der Waals surface area contributed by atoms with Crippen molar-refractivity contribution in [2.75, 3.05) is 19.0 Å². The maximum absolute atomic E-state index is 5.55. The molecule has 78 valence electrons. The largest absolute Gasteiger partial charge is 0.381 e. The summed E-state index contributed by atoms with van der Waals surface area (Å²) in [7, 11) is 0. The molecule has 0 rings (SSSR count). The highest BCUT2D eigenvalue weighted by Crippen LogP contribution is 2.12. The third-order valence-corrected chi connectivity index (χ3v) is 2.65. The summed E-state index contributed by atoms with van der Waals surface area (Å²) >= 11 is 4.30. The number of ether oxygens (including phenoxy) is 1. The Labute approximate surface area is 88.0 Å². The van der Waals surface area contributed by atoms with Crippen LogP contribution in [0, 0.1) is 11.8 Å². The lowest BCUT2D eigenvalue weighted by Gasteiger charge is -2.18. The minimum absolute atomic E-state index is 0.577. The van der Waals surface area contributed by atoms with Crippen molar-refractivity contribution in [1.82, 2.24) is 0 Å². The standard InChI is InChI=1S/C11H22OS/c1-9(2)5-6-12-7-11(8-13)10(3)4/h10-11,13H,1,5-8H2,2-4H3. The summed E-state index contributed by atoms with van der Waals surface area (Å²) in [6, 6.07) is 0. The topological polar surface area (TPSA) is 9.23 Å². The third-order valence-electron chi connectivity index (χ3n) is 2.18. The predicted octanol–water partition coefficient (Wildman–Crippen LogP) is 3.17. The first kappa shape index (κ1) is 13.1. The molecule has 0 aromatic carbocycles. The summed E-state index contributed by atoms with van der Waals surface area (Å²) in [6.45, 7) is 11.9.